The molecule has 0 saturated heterocycles. The average molecular weight is 558 g/mol. The molecule has 11 heteroatoms. The summed E-state index contributed by atoms with van der Waals surface area (Å²) in [7, 11) is -4.08. The Morgan fingerprint density at radius 3 is 2.26 bits per heavy atom. The zero-order valence-electron chi connectivity index (χ0n) is 25.0. The zero-order valence-corrected chi connectivity index (χ0v) is 25.9. The Balaban J connectivity index is 2.88. The first-order chi connectivity index (χ1) is 17.5. The maximum Gasteiger partial charge on any atom is 0.354 e. The van der Waals surface area contributed by atoms with E-state index < -0.39 is 31.2 Å². The summed E-state index contributed by atoms with van der Waals surface area (Å²) in [6.07, 6.45) is 5.52. The minimum Gasteiger partial charge on any atom is -0.383 e. The van der Waals surface area contributed by atoms with Crippen LogP contribution in [0.1, 0.15) is 100 Å². The Labute approximate surface area is 229 Å². The minimum atomic E-state index is -4.08. The van der Waals surface area contributed by atoms with Crippen LogP contribution in [0, 0.1) is 5.92 Å². The Kier molecular flexibility index (Phi) is 12.7. The van der Waals surface area contributed by atoms with Gasteiger partial charge < -0.3 is 34.9 Å². The molecule has 0 aliphatic rings. The van der Waals surface area contributed by atoms with Crippen molar-refractivity contribution in [2.75, 3.05) is 12.1 Å². The number of anilines is 1. The van der Waals surface area contributed by atoms with Crippen molar-refractivity contribution in [3.63, 3.8) is 0 Å². The number of imidazole rings is 1. The lowest BCUT2D eigenvalue weighted by Gasteiger charge is -2.45. The van der Waals surface area contributed by atoms with Crippen molar-refractivity contribution in [3.05, 3.63) is 24.8 Å². The van der Waals surface area contributed by atoms with E-state index in [9.17, 15) is 9.46 Å². The van der Waals surface area contributed by atoms with E-state index >= 15 is 0 Å². The molecular weight excluding hydrogens is 505 g/mol. The number of amidine groups is 1. The molecule has 0 aliphatic carbocycles. The van der Waals surface area contributed by atoms with Gasteiger partial charge in [0, 0.05) is 12.6 Å². The van der Waals surface area contributed by atoms with Gasteiger partial charge in [-0.05, 0) is 59.3 Å². The van der Waals surface area contributed by atoms with E-state index in [0.29, 0.717) is 36.8 Å². The quantitative estimate of drug-likeness (QED) is 0.116. The number of aromatic nitrogens is 2. The molecule has 1 heterocycles. The van der Waals surface area contributed by atoms with Crippen molar-refractivity contribution < 1.29 is 23.5 Å². The van der Waals surface area contributed by atoms with Crippen molar-refractivity contribution in [2.24, 2.45) is 16.6 Å². The molecule has 1 aromatic rings. The number of aliphatic imine (C=N–C) groups is 1. The molecule has 0 aliphatic heterocycles. The molecule has 0 saturated carbocycles. The van der Waals surface area contributed by atoms with E-state index in [1.165, 1.54) is 12.5 Å². The monoisotopic (exact) mass is 557 g/mol. The third-order valence-electron chi connectivity index (χ3n) is 7.01. The molecule has 5 N–H and O–H groups in total. The first-order valence-corrected chi connectivity index (χ1v) is 15.3. The lowest BCUT2D eigenvalue weighted by molar-refractivity contribution is -0.173. The van der Waals surface area contributed by atoms with Crippen molar-refractivity contribution in [3.8, 4) is 0 Å². The molecule has 0 bridgehead atoms. The van der Waals surface area contributed by atoms with Gasteiger partial charge in [-0.3, -0.25) is 4.57 Å². The number of ether oxygens (including phenoxy) is 2. The highest BCUT2D eigenvalue weighted by Gasteiger charge is 2.43. The number of hydrogen-bond donors (Lipinski definition) is 3. The molecule has 0 spiro atoms. The van der Waals surface area contributed by atoms with Crippen LogP contribution in [-0.2, 0) is 25.1 Å². The molecule has 5 atom stereocenters. The number of nitrogens with two attached hydrogens (primary N) is 2. The molecule has 1 aromatic heterocycles. The SMILES string of the molecule is C=C/N=C(/N)c1ncn(CC(C)OCP(=O)(O)OC(C)(CC)C[C@@](C)(CC)OC(C)(CC)CC(C)C)c1N. The van der Waals surface area contributed by atoms with Gasteiger partial charge in [0.05, 0.1) is 35.8 Å². The summed E-state index contributed by atoms with van der Waals surface area (Å²) in [6.45, 7) is 22.2. The Morgan fingerprint density at radius 2 is 1.76 bits per heavy atom. The first kappa shape index (κ1) is 34.3. The smallest absolute Gasteiger partial charge is 0.354 e. The van der Waals surface area contributed by atoms with Crippen LogP contribution in [0.4, 0.5) is 5.82 Å². The van der Waals surface area contributed by atoms with Gasteiger partial charge in [0.1, 0.15) is 17.9 Å². The molecule has 10 nitrogen and oxygen atoms in total. The second kappa shape index (κ2) is 14.1. The summed E-state index contributed by atoms with van der Waals surface area (Å²) in [4.78, 5) is 18.8. The highest BCUT2D eigenvalue weighted by Crippen LogP contribution is 2.50. The summed E-state index contributed by atoms with van der Waals surface area (Å²) in [5.74, 6) is 0.970. The highest BCUT2D eigenvalue weighted by atomic mass is 31.2. The fraction of sp³-hybridized carbons (Fsp3) is 0.778. The standard InChI is InChI=1S/C27H52N5O5P/c1-11-25(8,15-20(5)6)36-26(9,12-2)17-27(10,13-3)37-38(33,34)19-35-21(7)16-32-18-31-22(24(32)29)23(28)30-14-4/h14,18,20-21H,4,11-13,15-17,19,29H2,1-3,5-10H3,(H2,28,30)(H,33,34)/t21?,25?,26-,27?/m1/s1. The van der Waals surface area contributed by atoms with Crippen molar-refractivity contribution in [2.45, 2.75) is 124 Å². The van der Waals surface area contributed by atoms with Gasteiger partial charge in [-0.1, -0.05) is 41.2 Å². The number of nitrogens with zero attached hydrogens (tertiary/aromatic N) is 3. The van der Waals surface area contributed by atoms with Gasteiger partial charge in [-0.25, -0.2) is 9.98 Å². The maximum absolute atomic E-state index is 13.1. The lowest BCUT2D eigenvalue weighted by Crippen LogP contribution is -2.46. The predicted octanol–water partition coefficient (Wildman–Crippen LogP) is 5.84. The number of rotatable bonds is 18. The second-order valence-electron chi connectivity index (χ2n) is 11.5. The summed E-state index contributed by atoms with van der Waals surface area (Å²) < 4.78 is 33.1. The predicted molar refractivity (Wildman–Crippen MR) is 155 cm³/mol. The zero-order chi connectivity index (χ0) is 29.4. The Hall–Kier alpha value is -1.71. The van der Waals surface area contributed by atoms with Crippen molar-refractivity contribution >= 4 is 19.2 Å². The fourth-order valence-electron chi connectivity index (χ4n) is 4.78. The van der Waals surface area contributed by atoms with Crippen LogP contribution in [0.5, 0.6) is 0 Å². The maximum atomic E-state index is 13.1. The van der Waals surface area contributed by atoms with Crippen LogP contribution in [0.15, 0.2) is 24.1 Å². The lowest BCUT2D eigenvalue weighted by atomic mass is 9.83. The Bertz CT molecular complexity index is 983. The minimum absolute atomic E-state index is 0.156. The van der Waals surface area contributed by atoms with Crippen LogP contribution in [0.3, 0.4) is 0 Å². The van der Waals surface area contributed by atoms with Crippen LogP contribution in [0.2, 0.25) is 0 Å². The summed E-state index contributed by atoms with van der Waals surface area (Å²) >= 11 is 0. The van der Waals surface area contributed by atoms with E-state index in [4.69, 9.17) is 25.5 Å². The molecule has 0 fully saturated rings. The van der Waals surface area contributed by atoms with Gasteiger partial charge in [-0.2, -0.15) is 0 Å². The van der Waals surface area contributed by atoms with Gasteiger partial charge >= 0.3 is 7.60 Å². The normalized spacial score (nSPS) is 19.8. The van der Waals surface area contributed by atoms with Crippen LogP contribution in [-0.4, -0.2) is 49.5 Å². The van der Waals surface area contributed by atoms with Gasteiger partial charge in [-0.15, -0.1) is 0 Å². The average Bonchev–Trinajstić information content (AvgIpc) is 3.16. The van der Waals surface area contributed by atoms with Crippen LogP contribution >= 0.6 is 7.60 Å². The summed E-state index contributed by atoms with van der Waals surface area (Å²) in [5, 5.41) is 0. The van der Waals surface area contributed by atoms with Crippen molar-refractivity contribution in [1.82, 2.24) is 9.55 Å². The molecule has 220 valence electrons. The highest BCUT2D eigenvalue weighted by molar-refractivity contribution is 7.52. The van der Waals surface area contributed by atoms with E-state index in [2.05, 4.69) is 58.1 Å². The molecule has 0 radical (unpaired) electrons. The summed E-state index contributed by atoms with van der Waals surface area (Å²) in [6, 6.07) is 0. The van der Waals surface area contributed by atoms with Gasteiger partial charge in [0.25, 0.3) is 0 Å². The van der Waals surface area contributed by atoms with E-state index in [0.717, 1.165) is 19.3 Å². The first-order valence-electron chi connectivity index (χ1n) is 13.6. The third kappa shape index (κ3) is 10.5. The number of nitrogen functional groups attached to an aromatic ring is 1. The van der Waals surface area contributed by atoms with Crippen molar-refractivity contribution in [1.29, 1.82) is 0 Å². The van der Waals surface area contributed by atoms with Gasteiger partial charge in [0.15, 0.2) is 5.84 Å². The molecular formula is C27H52N5O5P. The van der Waals surface area contributed by atoms with E-state index in [1.807, 2.05) is 13.8 Å². The van der Waals surface area contributed by atoms with E-state index in [-0.39, 0.29) is 11.4 Å². The molecule has 0 amide bonds. The molecule has 1 rings (SSSR count). The number of hydrogen-bond acceptors (Lipinski definition) is 7. The van der Waals surface area contributed by atoms with Crippen LogP contribution < -0.4 is 11.5 Å². The molecule has 0 aromatic carbocycles. The fourth-order valence-corrected chi connectivity index (χ4v) is 6.16. The molecule has 4 unspecified atom stereocenters. The van der Waals surface area contributed by atoms with E-state index in [1.54, 1.807) is 11.5 Å². The topological polar surface area (TPSA) is 147 Å². The Morgan fingerprint density at radius 1 is 1.18 bits per heavy atom. The third-order valence-corrected chi connectivity index (χ3v) is 8.22. The van der Waals surface area contributed by atoms with Gasteiger partial charge in [0.2, 0.25) is 0 Å². The summed E-state index contributed by atoms with van der Waals surface area (Å²) in [5.41, 5.74) is 10.6. The van der Waals surface area contributed by atoms with Crippen LogP contribution in [0.25, 0.3) is 0 Å². The largest absolute Gasteiger partial charge is 0.383 e. The molecule has 38 heavy (non-hydrogen) atoms. The second-order valence-corrected chi connectivity index (χ2v) is 13.2.